The Balaban J connectivity index is 1.40. The van der Waals surface area contributed by atoms with Gasteiger partial charge in [-0.2, -0.15) is 0 Å². The maximum Gasteiger partial charge on any atom is 0.260 e. The van der Waals surface area contributed by atoms with Crippen LogP contribution in [0.1, 0.15) is 36.5 Å². The topological polar surface area (TPSA) is 80.8 Å². The normalized spacial score (nSPS) is 13.4. The van der Waals surface area contributed by atoms with Crippen molar-refractivity contribution in [1.82, 2.24) is 9.88 Å². The lowest BCUT2D eigenvalue weighted by molar-refractivity contribution is -0.134. The minimum Gasteiger partial charge on any atom is -0.490 e. The molecule has 1 aliphatic heterocycles. The van der Waals surface area contributed by atoms with Gasteiger partial charge >= 0.3 is 0 Å². The average molecular weight is 466 g/mol. The van der Waals surface area contributed by atoms with Crippen LogP contribution in [0.15, 0.2) is 54.0 Å². The van der Waals surface area contributed by atoms with Crippen LogP contribution in [0, 0.1) is 0 Å². The van der Waals surface area contributed by atoms with Crippen LogP contribution in [0.4, 0.5) is 5.69 Å². The number of carbonyl (C=O) groups excluding carboxylic acids is 2. The van der Waals surface area contributed by atoms with Gasteiger partial charge in [0.1, 0.15) is 5.01 Å². The van der Waals surface area contributed by atoms with Gasteiger partial charge in [0.15, 0.2) is 18.1 Å². The van der Waals surface area contributed by atoms with Crippen LogP contribution in [0.2, 0.25) is 0 Å². The number of hydrogen-bond acceptors (Lipinski definition) is 6. The zero-order chi connectivity index (χ0) is 23.0. The number of aromatic nitrogens is 1. The summed E-state index contributed by atoms with van der Waals surface area (Å²) in [4.78, 5) is 31.3. The van der Waals surface area contributed by atoms with Gasteiger partial charge in [0.25, 0.3) is 11.8 Å². The highest BCUT2D eigenvalue weighted by molar-refractivity contribution is 7.13. The van der Waals surface area contributed by atoms with E-state index in [0.717, 1.165) is 36.5 Å². The molecule has 1 N–H and O–H groups in total. The van der Waals surface area contributed by atoms with Crippen LogP contribution in [-0.4, -0.2) is 48.0 Å². The Labute approximate surface area is 197 Å². The summed E-state index contributed by atoms with van der Waals surface area (Å²) in [5.41, 5.74) is 2.13. The molecular weight excluding hydrogens is 438 g/mol. The van der Waals surface area contributed by atoms with Crippen molar-refractivity contribution in [3.8, 4) is 22.1 Å². The van der Waals surface area contributed by atoms with E-state index in [1.54, 1.807) is 35.7 Å². The molecule has 8 heteroatoms. The van der Waals surface area contributed by atoms with Crippen LogP contribution in [0.5, 0.6) is 11.5 Å². The largest absolute Gasteiger partial charge is 0.490 e. The Morgan fingerprint density at radius 2 is 1.82 bits per heavy atom. The van der Waals surface area contributed by atoms with E-state index in [-0.39, 0.29) is 18.4 Å². The minimum atomic E-state index is -0.256. The van der Waals surface area contributed by atoms with Crippen LogP contribution < -0.4 is 14.8 Å². The number of carbonyl (C=O) groups is 2. The zero-order valence-corrected chi connectivity index (χ0v) is 19.4. The number of hydrogen-bond donors (Lipinski definition) is 1. The Bertz CT molecular complexity index is 1080. The summed E-state index contributed by atoms with van der Waals surface area (Å²) in [5.74, 6) is 0.608. The van der Waals surface area contributed by atoms with Crippen molar-refractivity contribution in [2.24, 2.45) is 0 Å². The predicted molar refractivity (Wildman–Crippen MR) is 129 cm³/mol. The van der Waals surface area contributed by atoms with Crippen LogP contribution in [0.25, 0.3) is 10.6 Å². The Kier molecular flexibility index (Phi) is 7.57. The first-order valence-electron chi connectivity index (χ1n) is 11.1. The van der Waals surface area contributed by atoms with Crippen LogP contribution in [-0.2, 0) is 4.79 Å². The van der Waals surface area contributed by atoms with Gasteiger partial charge < -0.3 is 19.7 Å². The molecule has 2 aromatic carbocycles. The van der Waals surface area contributed by atoms with E-state index in [9.17, 15) is 9.59 Å². The van der Waals surface area contributed by atoms with Crippen molar-refractivity contribution in [3.63, 3.8) is 0 Å². The van der Waals surface area contributed by atoms with E-state index in [1.807, 2.05) is 41.5 Å². The number of thiazole rings is 1. The van der Waals surface area contributed by atoms with Gasteiger partial charge in [0.05, 0.1) is 6.61 Å². The first kappa shape index (κ1) is 22.8. The first-order chi connectivity index (χ1) is 16.1. The molecule has 0 bridgehead atoms. The van der Waals surface area contributed by atoms with Gasteiger partial charge in [-0.1, -0.05) is 0 Å². The molecule has 7 nitrogen and oxygen atoms in total. The van der Waals surface area contributed by atoms with Crippen molar-refractivity contribution in [3.05, 3.63) is 59.6 Å². The summed E-state index contributed by atoms with van der Waals surface area (Å²) in [6.45, 7) is 3.80. The fraction of sp³-hybridized carbons (Fsp3) is 0.320. The van der Waals surface area contributed by atoms with Crippen molar-refractivity contribution in [2.45, 2.75) is 26.2 Å². The standard InChI is InChI=1S/C25H27N3O4S/c1-2-31-22-16-19(8-11-21(22)32-17-23(29)28-13-4-3-5-14-28)24(30)27-20-9-6-18(7-10-20)25-26-12-15-33-25/h6-12,15-16H,2-5,13-14,17H2,1H3,(H,27,30). The Hall–Kier alpha value is -3.39. The number of rotatable bonds is 8. The second-order valence-electron chi connectivity index (χ2n) is 7.69. The second kappa shape index (κ2) is 11.0. The summed E-state index contributed by atoms with van der Waals surface area (Å²) in [5, 5.41) is 5.76. The highest BCUT2D eigenvalue weighted by Crippen LogP contribution is 2.29. The number of ether oxygens (including phenoxy) is 2. The van der Waals surface area contributed by atoms with Gasteiger partial charge in [-0.15, -0.1) is 11.3 Å². The predicted octanol–water partition coefficient (Wildman–Crippen LogP) is 4.85. The van der Waals surface area contributed by atoms with Crippen molar-refractivity contribution < 1.29 is 19.1 Å². The number of piperidine rings is 1. The third kappa shape index (κ3) is 5.90. The minimum absolute atomic E-state index is 0.0276. The van der Waals surface area contributed by atoms with Crippen molar-refractivity contribution >= 4 is 28.8 Å². The molecule has 0 radical (unpaired) electrons. The lowest BCUT2D eigenvalue weighted by atomic mass is 10.1. The monoisotopic (exact) mass is 465 g/mol. The third-order valence-electron chi connectivity index (χ3n) is 5.39. The smallest absolute Gasteiger partial charge is 0.260 e. The number of anilines is 1. The van der Waals surface area contributed by atoms with E-state index in [2.05, 4.69) is 10.3 Å². The van der Waals surface area contributed by atoms with Gasteiger partial charge in [-0.05, 0) is 68.7 Å². The quantitative estimate of drug-likeness (QED) is 0.514. The third-order valence-corrected chi connectivity index (χ3v) is 6.21. The maximum absolute atomic E-state index is 12.8. The second-order valence-corrected chi connectivity index (χ2v) is 8.59. The lowest BCUT2D eigenvalue weighted by Gasteiger charge is -2.26. The molecule has 1 aliphatic rings. The van der Waals surface area contributed by atoms with Crippen LogP contribution in [0.3, 0.4) is 0 Å². The van der Waals surface area contributed by atoms with Gasteiger partial charge in [0, 0.05) is 41.5 Å². The zero-order valence-electron chi connectivity index (χ0n) is 18.6. The van der Waals surface area contributed by atoms with E-state index >= 15 is 0 Å². The molecule has 0 spiro atoms. The molecule has 1 aromatic heterocycles. The summed E-state index contributed by atoms with van der Waals surface area (Å²) in [6, 6.07) is 12.5. The molecule has 33 heavy (non-hydrogen) atoms. The van der Waals surface area contributed by atoms with Gasteiger partial charge in [-0.3, -0.25) is 9.59 Å². The van der Waals surface area contributed by atoms with Crippen LogP contribution >= 0.6 is 11.3 Å². The summed E-state index contributed by atoms with van der Waals surface area (Å²) in [6.07, 6.45) is 5.00. The van der Waals surface area contributed by atoms with Gasteiger partial charge in [0.2, 0.25) is 0 Å². The maximum atomic E-state index is 12.8. The number of benzene rings is 2. The highest BCUT2D eigenvalue weighted by atomic mass is 32.1. The van der Waals surface area contributed by atoms with Gasteiger partial charge in [-0.25, -0.2) is 4.98 Å². The highest BCUT2D eigenvalue weighted by Gasteiger charge is 2.18. The summed E-state index contributed by atoms with van der Waals surface area (Å²) >= 11 is 1.57. The fourth-order valence-electron chi connectivity index (χ4n) is 3.68. The Morgan fingerprint density at radius 1 is 1.03 bits per heavy atom. The molecule has 0 atom stereocenters. The lowest BCUT2D eigenvalue weighted by Crippen LogP contribution is -2.38. The molecule has 172 valence electrons. The molecule has 0 unspecified atom stereocenters. The molecule has 1 saturated heterocycles. The van der Waals surface area contributed by atoms with Crippen molar-refractivity contribution in [2.75, 3.05) is 31.6 Å². The van der Waals surface area contributed by atoms with E-state index in [4.69, 9.17) is 9.47 Å². The summed E-state index contributed by atoms with van der Waals surface area (Å²) < 4.78 is 11.4. The first-order valence-corrected chi connectivity index (χ1v) is 12.0. The molecule has 3 aromatic rings. The SMILES string of the molecule is CCOc1cc(C(=O)Nc2ccc(-c3nccs3)cc2)ccc1OCC(=O)N1CCCCC1. The number of nitrogens with one attached hydrogen (secondary N) is 1. The molecule has 2 amide bonds. The fourth-order valence-corrected chi connectivity index (χ4v) is 4.32. The van der Waals surface area contributed by atoms with E-state index in [0.29, 0.717) is 29.4 Å². The molecule has 2 heterocycles. The summed E-state index contributed by atoms with van der Waals surface area (Å²) in [7, 11) is 0. The number of likely N-dealkylation sites (tertiary alicyclic amines) is 1. The molecular formula is C25H27N3O4S. The average Bonchev–Trinajstić information content (AvgIpc) is 3.39. The molecule has 0 aliphatic carbocycles. The van der Waals surface area contributed by atoms with Crippen molar-refractivity contribution in [1.29, 1.82) is 0 Å². The Morgan fingerprint density at radius 3 is 2.52 bits per heavy atom. The van der Waals surface area contributed by atoms with E-state index in [1.165, 1.54) is 6.42 Å². The number of nitrogens with zero attached hydrogens (tertiary/aromatic N) is 2. The molecule has 0 saturated carbocycles. The molecule has 4 rings (SSSR count). The molecule has 1 fully saturated rings. The number of amides is 2. The van der Waals surface area contributed by atoms with E-state index < -0.39 is 0 Å².